The first kappa shape index (κ1) is 21.8. The number of halogens is 1. The maximum absolute atomic E-state index is 9.63. The number of hydrogen-bond donors (Lipinski definition) is 1. The first-order valence-electron chi connectivity index (χ1n) is 10.2. The molecule has 4 aromatic rings. The Kier molecular flexibility index (Phi) is 6.87. The van der Waals surface area contributed by atoms with Crippen LogP contribution in [0.3, 0.4) is 0 Å². The molecule has 1 aliphatic heterocycles. The van der Waals surface area contributed by atoms with Crippen LogP contribution in [0.15, 0.2) is 57.5 Å². The molecule has 0 bridgehead atoms. The Morgan fingerprint density at radius 3 is 2.84 bits per heavy atom. The Labute approximate surface area is 190 Å². The van der Waals surface area contributed by atoms with Crippen molar-refractivity contribution in [2.45, 2.75) is 12.8 Å². The summed E-state index contributed by atoms with van der Waals surface area (Å²) in [7, 11) is 0. The van der Waals surface area contributed by atoms with Crippen molar-refractivity contribution in [3.05, 3.63) is 58.9 Å². The summed E-state index contributed by atoms with van der Waals surface area (Å²) < 4.78 is 12.7. The summed E-state index contributed by atoms with van der Waals surface area (Å²) in [4.78, 5) is 6.95. The second kappa shape index (κ2) is 9.78. The summed E-state index contributed by atoms with van der Waals surface area (Å²) in [6.45, 7) is 4.75. The van der Waals surface area contributed by atoms with Crippen LogP contribution in [-0.4, -0.2) is 47.9 Å². The Morgan fingerprint density at radius 2 is 2.00 bits per heavy atom. The van der Waals surface area contributed by atoms with E-state index < -0.39 is 0 Å². The number of nitrogens with zero attached hydrogens (tertiary/aromatic N) is 3. The van der Waals surface area contributed by atoms with Gasteiger partial charge in [-0.05, 0) is 54.6 Å². The molecule has 1 N–H and O–H groups in total. The first-order valence-corrected chi connectivity index (χ1v) is 11.1. The van der Waals surface area contributed by atoms with Gasteiger partial charge in [-0.3, -0.25) is 9.88 Å². The van der Waals surface area contributed by atoms with Gasteiger partial charge in [0.25, 0.3) is 0 Å². The van der Waals surface area contributed by atoms with Gasteiger partial charge in [-0.25, -0.2) is 0 Å². The molecule has 5 rings (SSSR count). The average Bonchev–Trinajstić information content (AvgIpc) is 3.27. The molecule has 0 amide bonds. The molecule has 0 radical (unpaired) electrons. The normalized spacial score (nSPS) is 15.4. The molecule has 0 atom stereocenters. The molecule has 4 heterocycles. The van der Waals surface area contributed by atoms with E-state index in [4.69, 9.17) is 9.15 Å². The van der Waals surface area contributed by atoms with Crippen molar-refractivity contribution in [1.82, 2.24) is 9.88 Å². The van der Waals surface area contributed by atoms with E-state index in [1.807, 2.05) is 29.8 Å². The third kappa shape index (κ3) is 4.75. The number of hydrogen-bond acceptors (Lipinski definition) is 7. The summed E-state index contributed by atoms with van der Waals surface area (Å²) in [6.07, 6.45) is 3.89. The zero-order chi connectivity index (χ0) is 20.3. The van der Waals surface area contributed by atoms with Gasteiger partial charge in [0.2, 0.25) is 0 Å². The highest BCUT2D eigenvalue weighted by atomic mass is 35.5. The molecule has 0 spiro atoms. The lowest BCUT2D eigenvalue weighted by Gasteiger charge is -2.26. The van der Waals surface area contributed by atoms with Crippen molar-refractivity contribution in [1.29, 1.82) is 0 Å². The minimum Gasteiger partial charge on any atom is -0.454 e. The number of aryl methyl sites for hydroxylation is 1. The number of benzene rings is 1. The van der Waals surface area contributed by atoms with Crippen molar-refractivity contribution in [2.75, 3.05) is 32.8 Å². The van der Waals surface area contributed by atoms with Crippen molar-refractivity contribution in [2.24, 2.45) is 5.16 Å². The first-order chi connectivity index (χ1) is 14.8. The monoisotopic (exact) mass is 457 g/mol. The van der Waals surface area contributed by atoms with Crippen molar-refractivity contribution in [3.63, 3.8) is 0 Å². The fraction of sp³-hybridized carbons (Fsp3) is 0.304. The Hall–Kier alpha value is -2.45. The number of fused-ring (bicyclic) bond motifs is 2. The van der Waals surface area contributed by atoms with Gasteiger partial charge in [0.15, 0.2) is 5.76 Å². The molecule has 1 aromatic carbocycles. The van der Waals surface area contributed by atoms with E-state index in [1.54, 1.807) is 17.4 Å². The minimum atomic E-state index is 0. The molecule has 3 aromatic heterocycles. The Bertz CT molecular complexity index is 1250. The molecule has 31 heavy (non-hydrogen) atoms. The van der Waals surface area contributed by atoms with Gasteiger partial charge in [-0.1, -0.05) is 11.2 Å². The van der Waals surface area contributed by atoms with Crippen molar-refractivity contribution in [3.8, 4) is 11.5 Å². The van der Waals surface area contributed by atoms with Gasteiger partial charge in [-0.15, -0.1) is 23.7 Å². The number of thiophene rings is 1. The molecular formula is C23H24ClN3O3S. The number of pyridine rings is 1. The van der Waals surface area contributed by atoms with Gasteiger partial charge in [0, 0.05) is 40.8 Å². The highest BCUT2D eigenvalue weighted by Crippen LogP contribution is 2.27. The molecule has 0 unspecified atom stereocenters. The summed E-state index contributed by atoms with van der Waals surface area (Å²) in [5.41, 5.74) is 2.62. The highest BCUT2D eigenvalue weighted by Gasteiger charge is 2.11. The van der Waals surface area contributed by atoms with E-state index in [9.17, 15) is 5.21 Å². The van der Waals surface area contributed by atoms with Gasteiger partial charge in [-0.2, -0.15) is 0 Å². The lowest BCUT2D eigenvalue weighted by atomic mass is 10.1. The molecule has 162 valence electrons. The fourth-order valence-corrected chi connectivity index (χ4v) is 4.70. The standard InChI is InChI=1S/C23H23N3O3S.ClH/c27-25-19-13-22(20-14-23-17(15-24-20)5-11-30-23)29-21-4-3-16(12-18(19)21)2-1-6-26-7-9-28-10-8-26;/h3-5,11-15,27H,1-2,6-10H2;1H/b25-19-;. The fourth-order valence-electron chi connectivity index (χ4n) is 3.90. The van der Waals surface area contributed by atoms with Crippen LogP contribution in [0.25, 0.3) is 32.5 Å². The minimum absolute atomic E-state index is 0. The van der Waals surface area contributed by atoms with Crippen LogP contribution in [0.4, 0.5) is 0 Å². The largest absolute Gasteiger partial charge is 0.454 e. The smallest absolute Gasteiger partial charge is 0.155 e. The third-order valence-electron chi connectivity index (χ3n) is 5.55. The summed E-state index contributed by atoms with van der Waals surface area (Å²) in [6, 6.07) is 11.9. The van der Waals surface area contributed by atoms with Crippen LogP contribution in [0.2, 0.25) is 0 Å². The highest BCUT2D eigenvalue weighted by molar-refractivity contribution is 7.17. The topological polar surface area (TPSA) is 71.1 Å². The predicted octanol–water partition coefficient (Wildman–Crippen LogP) is 4.69. The van der Waals surface area contributed by atoms with E-state index in [2.05, 4.69) is 27.2 Å². The van der Waals surface area contributed by atoms with E-state index in [0.29, 0.717) is 16.7 Å². The van der Waals surface area contributed by atoms with Crippen LogP contribution in [0, 0.1) is 0 Å². The predicted molar refractivity (Wildman–Crippen MR) is 125 cm³/mol. The second-order valence-electron chi connectivity index (χ2n) is 7.51. The lowest BCUT2D eigenvalue weighted by molar-refractivity contribution is 0.0375. The molecule has 0 saturated carbocycles. The second-order valence-corrected chi connectivity index (χ2v) is 8.46. The quantitative estimate of drug-likeness (QED) is 0.348. The van der Waals surface area contributed by atoms with Crippen LogP contribution in [0.5, 0.6) is 0 Å². The zero-order valence-corrected chi connectivity index (χ0v) is 18.6. The van der Waals surface area contributed by atoms with Crippen LogP contribution in [-0.2, 0) is 11.2 Å². The number of rotatable bonds is 5. The molecule has 8 heteroatoms. The van der Waals surface area contributed by atoms with E-state index in [0.717, 1.165) is 66.9 Å². The zero-order valence-electron chi connectivity index (χ0n) is 17.0. The third-order valence-corrected chi connectivity index (χ3v) is 6.43. The van der Waals surface area contributed by atoms with Crippen molar-refractivity contribution >= 4 is 44.8 Å². The molecular weight excluding hydrogens is 434 g/mol. The van der Waals surface area contributed by atoms with E-state index >= 15 is 0 Å². The van der Waals surface area contributed by atoms with Gasteiger partial charge in [0.05, 0.1) is 13.2 Å². The molecule has 0 aliphatic carbocycles. The molecule has 1 saturated heterocycles. The van der Waals surface area contributed by atoms with Crippen LogP contribution < -0.4 is 5.36 Å². The Balaban J connectivity index is 0.00000231. The summed E-state index contributed by atoms with van der Waals surface area (Å²) >= 11 is 1.66. The van der Waals surface area contributed by atoms with Gasteiger partial charge >= 0.3 is 0 Å². The maximum Gasteiger partial charge on any atom is 0.155 e. The SMILES string of the molecule is Cl.O/N=c1/cc(-c2cc3sccc3cn2)oc2ccc(CCCN3CCOCC3)cc12. The lowest BCUT2D eigenvalue weighted by Crippen LogP contribution is -2.36. The van der Waals surface area contributed by atoms with E-state index in [1.165, 1.54) is 5.56 Å². The van der Waals surface area contributed by atoms with E-state index in [-0.39, 0.29) is 12.4 Å². The average molecular weight is 458 g/mol. The van der Waals surface area contributed by atoms with Crippen LogP contribution >= 0.6 is 23.7 Å². The number of aromatic nitrogens is 1. The molecule has 6 nitrogen and oxygen atoms in total. The molecule has 1 fully saturated rings. The van der Waals surface area contributed by atoms with Gasteiger partial charge < -0.3 is 14.4 Å². The maximum atomic E-state index is 9.63. The Morgan fingerprint density at radius 1 is 1.13 bits per heavy atom. The number of ether oxygens (including phenoxy) is 1. The van der Waals surface area contributed by atoms with Gasteiger partial charge in [0.1, 0.15) is 16.6 Å². The summed E-state index contributed by atoms with van der Waals surface area (Å²) in [5, 5.41) is 17.6. The summed E-state index contributed by atoms with van der Waals surface area (Å²) in [5.74, 6) is 0.589. The van der Waals surface area contributed by atoms with Crippen molar-refractivity contribution < 1.29 is 14.4 Å². The number of morpholine rings is 1. The molecule has 1 aliphatic rings. The van der Waals surface area contributed by atoms with Crippen LogP contribution in [0.1, 0.15) is 12.0 Å².